The quantitative estimate of drug-likeness (QED) is 0.673. The Labute approximate surface area is 75.8 Å². The number of aryl methyl sites for hydroxylation is 1. The predicted octanol–water partition coefficient (Wildman–Crippen LogP) is 2.29. The SMILES string of the molecule is CSc1ccc(C)c(O)c1C#N. The number of rotatable bonds is 1. The Kier molecular flexibility index (Phi) is 2.61. The first-order valence-corrected chi connectivity index (χ1v) is 4.70. The van der Waals surface area contributed by atoms with Gasteiger partial charge in [-0.25, -0.2) is 0 Å². The van der Waals surface area contributed by atoms with Gasteiger partial charge in [0.05, 0.1) is 0 Å². The highest BCUT2D eigenvalue weighted by molar-refractivity contribution is 7.98. The van der Waals surface area contributed by atoms with Gasteiger partial charge in [0.2, 0.25) is 0 Å². The molecule has 0 fully saturated rings. The molecule has 12 heavy (non-hydrogen) atoms. The number of nitriles is 1. The van der Waals surface area contributed by atoms with Gasteiger partial charge < -0.3 is 5.11 Å². The topological polar surface area (TPSA) is 44.0 Å². The molecule has 1 N–H and O–H groups in total. The van der Waals surface area contributed by atoms with E-state index in [4.69, 9.17) is 5.26 Å². The van der Waals surface area contributed by atoms with Crippen LogP contribution in [0.15, 0.2) is 17.0 Å². The molecule has 0 spiro atoms. The highest BCUT2D eigenvalue weighted by Gasteiger charge is 2.08. The molecule has 0 unspecified atom stereocenters. The maximum atomic E-state index is 9.47. The van der Waals surface area contributed by atoms with Crippen LogP contribution >= 0.6 is 11.8 Å². The van der Waals surface area contributed by atoms with Crippen LogP contribution in [0.3, 0.4) is 0 Å². The summed E-state index contributed by atoms with van der Waals surface area (Å²) in [6.45, 7) is 1.78. The first-order valence-electron chi connectivity index (χ1n) is 3.47. The Balaban J connectivity index is 3.38. The molecule has 2 nitrogen and oxygen atoms in total. The smallest absolute Gasteiger partial charge is 0.137 e. The lowest BCUT2D eigenvalue weighted by atomic mass is 10.1. The fourth-order valence-electron chi connectivity index (χ4n) is 0.955. The van der Waals surface area contributed by atoms with E-state index in [1.54, 1.807) is 6.92 Å². The van der Waals surface area contributed by atoms with Crippen LogP contribution in [-0.2, 0) is 0 Å². The van der Waals surface area contributed by atoms with E-state index < -0.39 is 0 Å². The zero-order valence-corrected chi connectivity index (χ0v) is 7.77. The molecule has 0 aliphatic carbocycles. The van der Waals surface area contributed by atoms with Crippen LogP contribution in [-0.4, -0.2) is 11.4 Å². The van der Waals surface area contributed by atoms with E-state index in [-0.39, 0.29) is 5.75 Å². The Morgan fingerprint density at radius 3 is 2.67 bits per heavy atom. The molecule has 0 aliphatic rings. The van der Waals surface area contributed by atoms with Gasteiger partial charge >= 0.3 is 0 Å². The number of hydrogen-bond acceptors (Lipinski definition) is 3. The lowest BCUT2D eigenvalue weighted by Gasteiger charge is -2.04. The minimum Gasteiger partial charge on any atom is -0.506 e. The summed E-state index contributed by atoms with van der Waals surface area (Å²) >= 11 is 1.46. The van der Waals surface area contributed by atoms with Crippen LogP contribution in [0.1, 0.15) is 11.1 Å². The predicted molar refractivity (Wildman–Crippen MR) is 49.3 cm³/mol. The van der Waals surface area contributed by atoms with Crippen LogP contribution < -0.4 is 0 Å². The Morgan fingerprint density at radius 2 is 2.17 bits per heavy atom. The number of phenolic OH excluding ortho intramolecular Hbond substituents is 1. The van der Waals surface area contributed by atoms with Gasteiger partial charge in [0.1, 0.15) is 17.4 Å². The average Bonchev–Trinajstić information content (AvgIpc) is 2.09. The van der Waals surface area contributed by atoms with Crippen molar-refractivity contribution in [3.63, 3.8) is 0 Å². The minimum atomic E-state index is 0.101. The van der Waals surface area contributed by atoms with Crippen LogP contribution in [0.4, 0.5) is 0 Å². The summed E-state index contributed by atoms with van der Waals surface area (Å²) in [6.07, 6.45) is 1.88. The third kappa shape index (κ3) is 1.39. The van der Waals surface area contributed by atoms with E-state index in [2.05, 4.69) is 0 Å². The standard InChI is InChI=1S/C9H9NOS/c1-6-3-4-8(12-2)7(5-10)9(6)11/h3-4,11H,1-2H3. The van der Waals surface area contributed by atoms with E-state index in [1.807, 2.05) is 24.5 Å². The maximum Gasteiger partial charge on any atom is 0.137 e. The van der Waals surface area contributed by atoms with E-state index >= 15 is 0 Å². The summed E-state index contributed by atoms with van der Waals surface area (Å²) in [5, 5.41) is 18.2. The Bertz CT molecular complexity index is 341. The zero-order valence-electron chi connectivity index (χ0n) is 6.96. The number of benzene rings is 1. The van der Waals surface area contributed by atoms with Crippen molar-refractivity contribution < 1.29 is 5.11 Å². The third-order valence-electron chi connectivity index (χ3n) is 1.67. The van der Waals surface area contributed by atoms with Gasteiger partial charge in [0.15, 0.2) is 0 Å². The summed E-state index contributed by atoms with van der Waals surface area (Å²) in [6, 6.07) is 5.64. The molecule has 0 bridgehead atoms. The molecule has 0 atom stereocenters. The van der Waals surface area contributed by atoms with Crippen LogP contribution in [0.25, 0.3) is 0 Å². The molecule has 62 valence electrons. The summed E-state index contributed by atoms with van der Waals surface area (Å²) < 4.78 is 0. The molecule has 3 heteroatoms. The molecule has 1 rings (SSSR count). The highest BCUT2D eigenvalue weighted by Crippen LogP contribution is 2.29. The molecule has 1 aromatic rings. The minimum absolute atomic E-state index is 0.101. The number of aromatic hydroxyl groups is 1. The van der Waals surface area contributed by atoms with Gasteiger partial charge in [0, 0.05) is 4.90 Å². The molecule has 0 radical (unpaired) electrons. The second kappa shape index (κ2) is 3.51. The lowest BCUT2D eigenvalue weighted by Crippen LogP contribution is -1.84. The van der Waals surface area contributed by atoms with Crippen molar-refractivity contribution in [2.24, 2.45) is 0 Å². The van der Waals surface area contributed by atoms with Crippen LogP contribution in [0, 0.1) is 18.3 Å². The summed E-state index contributed by atoms with van der Waals surface area (Å²) in [5.41, 5.74) is 1.12. The summed E-state index contributed by atoms with van der Waals surface area (Å²) in [5.74, 6) is 0.101. The second-order valence-electron chi connectivity index (χ2n) is 2.42. The van der Waals surface area contributed by atoms with E-state index in [0.29, 0.717) is 5.56 Å². The van der Waals surface area contributed by atoms with Crippen molar-refractivity contribution in [2.45, 2.75) is 11.8 Å². The van der Waals surface area contributed by atoms with Crippen LogP contribution in [0.5, 0.6) is 5.75 Å². The first kappa shape index (κ1) is 8.95. The fourth-order valence-corrected chi connectivity index (χ4v) is 1.51. The number of nitrogens with zero attached hydrogens (tertiary/aromatic N) is 1. The van der Waals surface area contributed by atoms with Gasteiger partial charge in [-0.15, -0.1) is 11.8 Å². The summed E-state index contributed by atoms with van der Waals surface area (Å²) in [4.78, 5) is 0.820. The van der Waals surface area contributed by atoms with Gasteiger partial charge in [-0.3, -0.25) is 0 Å². The molecular weight excluding hydrogens is 170 g/mol. The molecule has 0 heterocycles. The summed E-state index contributed by atoms with van der Waals surface area (Å²) in [7, 11) is 0. The monoisotopic (exact) mass is 179 g/mol. The number of hydrogen-bond donors (Lipinski definition) is 1. The molecule has 0 aromatic heterocycles. The average molecular weight is 179 g/mol. The molecular formula is C9H9NOS. The Hall–Kier alpha value is -1.14. The Morgan fingerprint density at radius 1 is 1.50 bits per heavy atom. The van der Waals surface area contributed by atoms with Gasteiger partial charge in [-0.1, -0.05) is 6.07 Å². The van der Waals surface area contributed by atoms with Crippen LogP contribution in [0.2, 0.25) is 0 Å². The van der Waals surface area contributed by atoms with Crippen molar-refractivity contribution in [2.75, 3.05) is 6.26 Å². The molecule has 0 saturated carbocycles. The fraction of sp³-hybridized carbons (Fsp3) is 0.222. The molecule has 1 aromatic carbocycles. The van der Waals surface area contributed by atoms with Gasteiger partial charge in [-0.05, 0) is 24.8 Å². The van der Waals surface area contributed by atoms with Crippen molar-refractivity contribution in [1.82, 2.24) is 0 Å². The lowest BCUT2D eigenvalue weighted by molar-refractivity contribution is 0.467. The van der Waals surface area contributed by atoms with E-state index in [0.717, 1.165) is 10.5 Å². The zero-order chi connectivity index (χ0) is 9.14. The van der Waals surface area contributed by atoms with Crippen molar-refractivity contribution in [3.8, 4) is 11.8 Å². The maximum absolute atomic E-state index is 9.47. The second-order valence-corrected chi connectivity index (χ2v) is 3.27. The molecule has 0 saturated heterocycles. The number of thioether (sulfide) groups is 1. The van der Waals surface area contributed by atoms with Crippen molar-refractivity contribution in [3.05, 3.63) is 23.3 Å². The van der Waals surface area contributed by atoms with Crippen molar-refractivity contribution in [1.29, 1.82) is 5.26 Å². The van der Waals surface area contributed by atoms with E-state index in [1.165, 1.54) is 11.8 Å². The highest BCUT2D eigenvalue weighted by atomic mass is 32.2. The normalized spacial score (nSPS) is 9.42. The molecule has 0 amide bonds. The van der Waals surface area contributed by atoms with E-state index in [9.17, 15) is 5.11 Å². The largest absolute Gasteiger partial charge is 0.506 e. The molecule has 0 aliphatic heterocycles. The van der Waals surface area contributed by atoms with Gasteiger partial charge in [0.25, 0.3) is 0 Å². The third-order valence-corrected chi connectivity index (χ3v) is 2.45. The van der Waals surface area contributed by atoms with Crippen molar-refractivity contribution >= 4 is 11.8 Å². The van der Waals surface area contributed by atoms with Gasteiger partial charge in [-0.2, -0.15) is 5.26 Å². The first-order chi connectivity index (χ1) is 5.70. The number of phenols is 1.